The maximum atomic E-state index is 12.4. The standard InChI is InChI=1S/C16H18N4O5/c1-25-13-3-2-8(7-17-13)14(9-4-10(21)5-9)20-15(23)11-6-12(22)19-16(24)18-11/h2-3,6-7,9-10,14,21H,4-5H2,1H3,(H,20,23)(H2,18,19,22,24)/t9?,10?,14-/m0/s1. The zero-order valence-corrected chi connectivity index (χ0v) is 13.5. The van der Waals surface area contributed by atoms with Gasteiger partial charge in [-0.1, -0.05) is 6.07 Å². The van der Waals surface area contributed by atoms with Crippen molar-refractivity contribution in [2.24, 2.45) is 5.92 Å². The van der Waals surface area contributed by atoms with E-state index < -0.39 is 29.3 Å². The number of aromatic nitrogens is 3. The predicted molar refractivity (Wildman–Crippen MR) is 87.4 cm³/mol. The molecular formula is C16H18N4O5. The average Bonchev–Trinajstić information content (AvgIpc) is 2.56. The molecule has 3 rings (SSSR count). The molecule has 1 amide bonds. The SMILES string of the molecule is COc1ccc([C@H](NC(=O)c2cc(=O)[nH]c(=O)[nH]2)C2CC(O)C2)cn1. The van der Waals surface area contributed by atoms with Crippen molar-refractivity contribution in [1.29, 1.82) is 0 Å². The fraction of sp³-hybridized carbons (Fsp3) is 0.375. The van der Waals surface area contributed by atoms with Crippen molar-refractivity contribution in [2.75, 3.05) is 7.11 Å². The van der Waals surface area contributed by atoms with Crippen LogP contribution in [0, 0.1) is 5.92 Å². The molecule has 1 aliphatic rings. The van der Waals surface area contributed by atoms with Gasteiger partial charge in [-0.15, -0.1) is 0 Å². The van der Waals surface area contributed by atoms with E-state index in [1.54, 1.807) is 18.3 Å². The molecule has 0 saturated heterocycles. The number of hydrogen-bond acceptors (Lipinski definition) is 6. The number of amides is 1. The van der Waals surface area contributed by atoms with Crippen molar-refractivity contribution in [3.05, 3.63) is 56.5 Å². The van der Waals surface area contributed by atoms with Gasteiger partial charge in [0.2, 0.25) is 5.88 Å². The second-order valence-corrected chi connectivity index (χ2v) is 5.97. The molecule has 1 saturated carbocycles. The number of aromatic amines is 2. The molecule has 1 fully saturated rings. The van der Waals surface area contributed by atoms with Gasteiger partial charge in [-0.2, -0.15) is 0 Å². The van der Waals surface area contributed by atoms with Gasteiger partial charge in [0, 0.05) is 18.3 Å². The summed E-state index contributed by atoms with van der Waals surface area (Å²) in [6.07, 6.45) is 2.29. The number of carbonyl (C=O) groups excluding carboxylic acids is 1. The number of pyridine rings is 1. The fourth-order valence-corrected chi connectivity index (χ4v) is 2.88. The van der Waals surface area contributed by atoms with Crippen molar-refractivity contribution in [3.8, 4) is 5.88 Å². The van der Waals surface area contributed by atoms with Crippen LogP contribution in [-0.2, 0) is 0 Å². The minimum absolute atomic E-state index is 0.0304. The Hall–Kier alpha value is -2.94. The number of nitrogens with zero attached hydrogens (tertiary/aromatic N) is 1. The summed E-state index contributed by atoms with van der Waals surface area (Å²) in [6.45, 7) is 0. The van der Waals surface area contributed by atoms with Gasteiger partial charge in [0.25, 0.3) is 11.5 Å². The largest absolute Gasteiger partial charge is 0.481 e. The van der Waals surface area contributed by atoms with Gasteiger partial charge < -0.3 is 20.1 Å². The van der Waals surface area contributed by atoms with Crippen LogP contribution in [0.4, 0.5) is 0 Å². The zero-order chi connectivity index (χ0) is 18.0. The van der Waals surface area contributed by atoms with Crippen molar-refractivity contribution < 1.29 is 14.6 Å². The third kappa shape index (κ3) is 3.77. The van der Waals surface area contributed by atoms with Crippen LogP contribution in [0.1, 0.15) is 34.9 Å². The molecule has 25 heavy (non-hydrogen) atoms. The van der Waals surface area contributed by atoms with Crippen LogP contribution >= 0.6 is 0 Å². The summed E-state index contributed by atoms with van der Waals surface area (Å²) in [6, 6.07) is 4.08. The Morgan fingerprint density at radius 3 is 2.68 bits per heavy atom. The van der Waals surface area contributed by atoms with E-state index >= 15 is 0 Å². The van der Waals surface area contributed by atoms with E-state index in [0.717, 1.165) is 11.6 Å². The number of H-pyrrole nitrogens is 2. The highest BCUT2D eigenvalue weighted by Gasteiger charge is 2.36. The fourth-order valence-electron chi connectivity index (χ4n) is 2.88. The van der Waals surface area contributed by atoms with Crippen LogP contribution in [0.5, 0.6) is 5.88 Å². The molecule has 9 nitrogen and oxygen atoms in total. The zero-order valence-electron chi connectivity index (χ0n) is 13.5. The van der Waals surface area contributed by atoms with Gasteiger partial charge >= 0.3 is 5.69 Å². The molecule has 0 aliphatic heterocycles. The molecule has 1 atom stereocenters. The number of aliphatic hydroxyl groups is 1. The van der Waals surface area contributed by atoms with E-state index in [-0.39, 0.29) is 11.6 Å². The van der Waals surface area contributed by atoms with Crippen molar-refractivity contribution in [3.63, 3.8) is 0 Å². The summed E-state index contributed by atoms with van der Waals surface area (Å²) in [4.78, 5) is 43.6. The molecule has 0 aromatic carbocycles. The van der Waals surface area contributed by atoms with Crippen LogP contribution in [-0.4, -0.2) is 39.2 Å². The highest BCUT2D eigenvalue weighted by Crippen LogP contribution is 2.38. The molecule has 0 radical (unpaired) electrons. The number of nitrogens with one attached hydrogen (secondary N) is 3. The quantitative estimate of drug-likeness (QED) is 0.587. The van der Waals surface area contributed by atoms with Crippen LogP contribution in [0.25, 0.3) is 0 Å². The summed E-state index contributed by atoms with van der Waals surface area (Å²) in [7, 11) is 1.51. The molecule has 2 heterocycles. The first-order valence-electron chi connectivity index (χ1n) is 7.79. The number of rotatable bonds is 5. The van der Waals surface area contributed by atoms with Crippen LogP contribution in [0.15, 0.2) is 34.0 Å². The Kier molecular flexibility index (Phi) is 4.66. The average molecular weight is 346 g/mol. The maximum Gasteiger partial charge on any atom is 0.326 e. The number of aliphatic hydroxyl groups excluding tert-OH is 1. The summed E-state index contributed by atoms with van der Waals surface area (Å²) < 4.78 is 5.03. The molecule has 132 valence electrons. The lowest BCUT2D eigenvalue weighted by Crippen LogP contribution is -2.42. The Balaban J connectivity index is 1.85. The summed E-state index contributed by atoms with van der Waals surface area (Å²) in [5.41, 5.74) is -0.784. The van der Waals surface area contributed by atoms with Crippen LogP contribution < -0.4 is 21.3 Å². The van der Waals surface area contributed by atoms with Gasteiger partial charge in [0.15, 0.2) is 0 Å². The molecule has 4 N–H and O–H groups in total. The molecule has 9 heteroatoms. The van der Waals surface area contributed by atoms with E-state index in [9.17, 15) is 19.5 Å². The van der Waals surface area contributed by atoms with E-state index in [2.05, 4.69) is 15.3 Å². The maximum absolute atomic E-state index is 12.4. The lowest BCUT2D eigenvalue weighted by Gasteiger charge is -2.38. The van der Waals surface area contributed by atoms with Gasteiger partial charge in [0.05, 0.1) is 19.3 Å². The van der Waals surface area contributed by atoms with E-state index in [4.69, 9.17) is 4.74 Å². The number of hydrogen-bond donors (Lipinski definition) is 4. The molecule has 1 aliphatic carbocycles. The minimum Gasteiger partial charge on any atom is -0.481 e. The van der Waals surface area contributed by atoms with E-state index in [1.165, 1.54) is 7.11 Å². The Morgan fingerprint density at radius 2 is 2.12 bits per heavy atom. The number of carbonyl (C=O) groups is 1. The summed E-state index contributed by atoms with van der Waals surface area (Å²) in [5.74, 6) is -0.102. The van der Waals surface area contributed by atoms with Crippen molar-refractivity contribution in [1.82, 2.24) is 20.3 Å². The third-order valence-corrected chi connectivity index (χ3v) is 4.24. The topological polar surface area (TPSA) is 137 Å². The Bertz CT molecular complexity index is 839. The molecule has 0 bridgehead atoms. The second kappa shape index (κ2) is 6.89. The monoisotopic (exact) mass is 346 g/mol. The van der Waals surface area contributed by atoms with Gasteiger partial charge in [-0.25, -0.2) is 9.78 Å². The van der Waals surface area contributed by atoms with E-state index in [1.807, 2.05) is 4.98 Å². The Labute approximate surface area is 142 Å². The minimum atomic E-state index is -0.751. The lowest BCUT2D eigenvalue weighted by molar-refractivity contribution is 0.0234. The smallest absolute Gasteiger partial charge is 0.326 e. The van der Waals surface area contributed by atoms with Crippen molar-refractivity contribution >= 4 is 5.91 Å². The van der Waals surface area contributed by atoms with Crippen molar-refractivity contribution in [2.45, 2.75) is 25.0 Å². The van der Waals surface area contributed by atoms with Gasteiger partial charge in [-0.3, -0.25) is 14.6 Å². The molecule has 0 unspecified atom stereocenters. The third-order valence-electron chi connectivity index (χ3n) is 4.24. The lowest BCUT2D eigenvalue weighted by atomic mass is 9.75. The van der Waals surface area contributed by atoms with Crippen LogP contribution in [0.3, 0.4) is 0 Å². The van der Waals surface area contributed by atoms with Crippen LogP contribution in [0.2, 0.25) is 0 Å². The number of ether oxygens (including phenoxy) is 1. The predicted octanol–water partition coefficient (Wildman–Crippen LogP) is -0.291. The first-order valence-corrected chi connectivity index (χ1v) is 7.79. The Morgan fingerprint density at radius 1 is 1.36 bits per heavy atom. The highest BCUT2D eigenvalue weighted by molar-refractivity contribution is 5.92. The number of methoxy groups -OCH3 is 1. The molecule has 2 aromatic rings. The second-order valence-electron chi connectivity index (χ2n) is 5.97. The summed E-state index contributed by atoms with van der Waals surface area (Å²) in [5, 5.41) is 12.4. The highest BCUT2D eigenvalue weighted by atomic mass is 16.5. The normalized spacial score (nSPS) is 20.4. The molecule has 2 aromatic heterocycles. The van der Waals surface area contributed by atoms with Gasteiger partial charge in [0.1, 0.15) is 5.69 Å². The first kappa shape index (κ1) is 16.9. The first-order chi connectivity index (χ1) is 12.0. The molecular weight excluding hydrogens is 328 g/mol. The summed E-state index contributed by atoms with van der Waals surface area (Å²) >= 11 is 0. The van der Waals surface area contributed by atoms with Gasteiger partial charge in [-0.05, 0) is 24.3 Å². The molecule has 0 spiro atoms. The van der Waals surface area contributed by atoms with E-state index in [0.29, 0.717) is 18.7 Å².